The number of halogens is 1. The van der Waals surface area contributed by atoms with Gasteiger partial charge in [0.1, 0.15) is 5.82 Å². The minimum Gasteiger partial charge on any atom is -0.315 e. The third-order valence-electron chi connectivity index (χ3n) is 5.16. The number of amides is 2. The number of hydrogen-bond acceptors (Lipinski definition) is 4. The number of benzene rings is 2. The Bertz CT molecular complexity index is 1020. The summed E-state index contributed by atoms with van der Waals surface area (Å²) in [7, 11) is 0. The molecule has 28 heavy (non-hydrogen) atoms. The van der Waals surface area contributed by atoms with Gasteiger partial charge in [0.05, 0.1) is 23.9 Å². The normalized spacial score (nSPS) is 20.5. The molecule has 4 rings (SSSR count). The number of thioether (sulfide) groups is 1. The molecule has 142 valence electrons. The molecule has 7 heteroatoms. The highest BCUT2D eigenvalue weighted by Gasteiger charge is 2.59. The van der Waals surface area contributed by atoms with Crippen molar-refractivity contribution in [3.05, 3.63) is 65.0 Å². The predicted octanol–water partition coefficient (Wildman–Crippen LogP) is 3.38. The van der Waals surface area contributed by atoms with Crippen LogP contribution in [-0.2, 0) is 21.0 Å². The minimum atomic E-state index is -1.21. The maximum Gasteiger partial charge on any atom is 0.268 e. The Hall–Kier alpha value is -2.85. The molecular weight excluding hydrogens is 377 g/mol. The SMILES string of the molecule is CCC(=O)N1CCSC12C(=O)N(Cc1cccc(C#N)c1)c1ccc(F)cc12. The lowest BCUT2D eigenvalue weighted by molar-refractivity contribution is -0.139. The summed E-state index contributed by atoms with van der Waals surface area (Å²) in [6.07, 6.45) is 0.282. The van der Waals surface area contributed by atoms with E-state index < -0.39 is 10.7 Å². The van der Waals surface area contributed by atoms with Gasteiger partial charge in [-0.2, -0.15) is 5.26 Å². The second kappa shape index (κ2) is 6.95. The molecular formula is C21H18FN3O2S. The van der Waals surface area contributed by atoms with Gasteiger partial charge in [-0.3, -0.25) is 9.59 Å². The summed E-state index contributed by atoms with van der Waals surface area (Å²) in [4.78, 5) is 28.2. The highest BCUT2D eigenvalue weighted by Crippen LogP contribution is 2.54. The number of nitrogens with zero attached hydrogens (tertiary/aromatic N) is 3. The fourth-order valence-electron chi connectivity index (χ4n) is 3.91. The van der Waals surface area contributed by atoms with Crippen molar-refractivity contribution in [1.82, 2.24) is 4.90 Å². The quantitative estimate of drug-likeness (QED) is 0.799. The Kier molecular flexibility index (Phi) is 4.60. The molecule has 1 atom stereocenters. The predicted molar refractivity (Wildman–Crippen MR) is 105 cm³/mol. The van der Waals surface area contributed by atoms with Crippen molar-refractivity contribution < 1.29 is 14.0 Å². The molecule has 2 aliphatic rings. The van der Waals surface area contributed by atoms with Crippen molar-refractivity contribution >= 4 is 29.3 Å². The summed E-state index contributed by atoms with van der Waals surface area (Å²) >= 11 is 1.38. The van der Waals surface area contributed by atoms with E-state index in [1.54, 1.807) is 41.0 Å². The van der Waals surface area contributed by atoms with Crippen LogP contribution in [0.4, 0.5) is 10.1 Å². The first kappa shape index (κ1) is 18.5. The van der Waals surface area contributed by atoms with E-state index in [1.807, 2.05) is 6.07 Å². The largest absolute Gasteiger partial charge is 0.315 e. The Balaban J connectivity index is 1.81. The lowest BCUT2D eigenvalue weighted by Crippen LogP contribution is -2.50. The van der Waals surface area contributed by atoms with Crippen molar-refractivity contribution in [1.29, 1.82) is 5.26 Å². The number of rotatable bonds is 3. The molecule has 0 radical (unpaired) electrons. The first-order valence-electron chi connectivity index (χ1n) is 9.06. The fraction of sp³-hybridized carbons (Fsp3) is 0.286. The molecule has 0 aromatic heterocycles. The van der Waals surface area contributed by atoms with Gasteiger partial charge in [-0.1, -0.05) is 19.1 Å². The van der Waals surface area contributed by atoms with Gasteiger partial charge in [-0.25, -0.2) is 4.39 Å². The van der Waals surface area contributed by atoms with E-state index >= 15 is 0 Å². The lowest BCUT2D eigenvalue weighted by Gasteiger charge is -2.33. The van der Waals surface area contributed by atoms with Gasteiger partial charge in [-0.15, -0.1) is 11.8 Å². The molecule has 0 aliphatic carbocycles. The van der Waals surface area contributed by atoms with Gasteiger partial charge in [0.25, 0.3) is 5.91 Å². The van der Waals surface area contributed by atoms with Crippen LogP contribution in [0.25, 0.3) is 0 Å². The van der Waals surface area contributed by atoms with E-state index in [1.165, 1.54) is 23.9 Å². The number of carbonyl (C=O) groups excluding carboxylic acids is 2. The van der Waals surface area contributed by atoms with Crippen molar-refractivity contribution in [3.8, 4) is 6.07 Å². The van der Waals surface area contributed by atoms with Gasteiger partial charge >= 0.3 is 0 Å². The summed E-state index contributed by atoms with van der Waals surface area (Å²) in [6, 6.07) is 13.4. The van der Waals surface area contributed by atoms with Crippen molar-refractivity contribution in [2.45, 2.75) is 24.8 Å². The molecule has 0 saturated carbocycles. The second-order valence-electron chi connectivity index (χ2n) is 6.76. The Morgan fingerprint density at radius 1 is 1.32 bits per heavy atom. The lowest BCUT2D eigenvalue weighted by atomic mass is 10.1. The van der Waals surface area contributed by atoms with E-state index in [0.29, 0.717) is 29.1 Å². The maximum atomic E-state index is 14.1. The van der Waals surface area contributed by atoms with Crippen LogP contribution in [-0.4, -0.2) is 29.0 Å². The van der Waals surface area contributed by atoms with E-state index in [4.69, 9.17) is 5.26 Å². The molecule has 0 N–H and O–H groups in total. The van der Waals surface area contributed by atoms with E-state index in [0.717, 1.165) is 5.56 Å². The van der Waals surface area contributed by atoms with Gasteiger partial charge in [0.2, 0.25) is 5.91 Å². The third kappa shape index (κ3) is 2.68. The molecule has 0 bridgehead atoms. The zero-order valence-electron chi connectivity index (χ0n) is 15.3. The molecule has 2 aromatic carbocycles. The van der Waals surface area contributed by atoms with Crippen LogP contribution in [0.3, 0.4) is 0 Å². The van der Waals surface area contributed by atoms with E-state index in [-0.39, 0.29) is 24.8 Å². The monoisotopic (exact) mass is 395 g/mol. The van der Waals surface area contributed by atoms with E-state index in [2.05, 4.69) is 6.07 Å². The van der Waals surface area contributed by atoms with Crippen LogP contribution in [0, 0.1) is 17.1 Å². The third-order valence-corrected chi connectivity index (χ3v) is 6.58. The number of hydrogen-bond donors (Lipinski definition) is 0. The summed E-state index contributed by atoms with van der Waals surface area (Å²) in [5.41, 5.74) is 2.45. The Morgan fingerprint density at radius 2 is 2.14 bits per heavy atom. The molecule has 1 fully saturated rings. The molecule has 5 nitrogen and oxygen atoms in total. The molecule has 2 aliphatic heterocycles. The standard InChI is InChI=1S/C21H18FN3O2S/c1-2-19(26)25-8-9-28-21(25)17-11-16(22)6-7-18(17)24(20(21)27)13-15-5-3-4-14(10-15)12-23/h3-7,10-11H,2,8-9,13H2,1H3. The van der Waals surface area contributed by atoms with Crippen LogP contribution in [0.5, 0.6) is 0 Å². The molecule has 1 spiro atoms. The van der Waals surface area contributed by atoms with Crippen molar-refractivity contribution in [2.75, 3.05) is 17.2 Å². The van der Waals surface area contributed by atoms with Crippen LogP contribution < -0.4 is 4.90 Å². The fourth-order valence-corrected chi connectivity index (χ4v) is 5.38. The average Bonchev–Trinajstić information content (AvgIpc) is 3.25. The van der Waals surface area contributed by atoms with Crippen molar-refractivity contribution in [2.24, 2.45) is 0 Å². The first-order valence-corrected chi connectivity index (χ1v) is 10.0. The van der Waals surface area contributed by atoms with Crippen LogP contribution >= 0.6 is 11.8 Å². The Morgan fingerprint density at radius 3 is 2.89 bits per heavy atom. The summed E-state index contributed by atoms with van der Waals surface area (Å²) in [6.45, 7) is 2.47. The minimum absolute atomic E-state index is 0.123. The zero-order chi connectivity index (χ0) is 19.9. The number of fused-ring (bicyclic) bond motifs is 2. The highest BCUT2D eigenvalue weighted by molar-refractivity contribution is 8.01. The maximum absolute atomic E-state index is 14.1. The average molecular weight is 395 g/mol. The topological polar surface area (TPSA) is 64.4 Å². The number of carbonyl (C=O) groups is 2. The molecule has 1 saturated heterocycles. The molecule has 2 heterocycles. The second-order valence-corrected chi connectivity index (χ2v) is 8.04. The molecule has 2 amide bonds. The highest BCUT2D eigenvalue weighted by atomic mass is 32.2. The van der Waals surface area contributed by atoms with Crippen LogP contribution in [0.2, 0.25) is 0 Å². The molecule has 2 aromatic rings. The number of nitriles is 1. The Labute approximate surface area is 166 Å². The van der Waals surface area contributed by atoms with E-state index in [9.17, 15) is 14.0 Å². The smallest absolute Gasteiger partial charge is 0.268 e. The first-order chi connectivity index (χ1) is 13.5. The summed E-state index contributed by atoms with van der Waals surface area (Å²) in [5, 5.41) is 9.13. The zero-order valence-corrected chi connectivity index (χ0v) is 16.1. The van der Waals surface area contributed by atoms with Gasteiger partial charge in [0.15, 0.2) is 4.87 Å². The van der Waals surface area contributed by atoms with Gasteiger partial charge in [-0.05, 0) is 35.9 Å². The summed E-state index contributed by atoms with van der Waals surface area (Å²) in [5.74, 6) is -0.178. The summed E-state index contributed by atoms with van der Waals surface area (Å²) < 4.78 is 14.1. The molecule has 1 unspecified atom stereocenters. The number of anilines is 1. The van der Waals surface area contributed by atoms with Crippen molar-refractivity contribution in [3.63, 3.8) is 0 Å². The van der Waals surface area contributed by atoms with Gasteiger partial charge < -0.3 is 9.80 Å². The van der Waals surface area contributed by atoms with Crippen LogP contribution in [0.15, 0.2) is 42.5 Å². The van der Waals surface area contributed by atoms with Gasteiger partial charge in [0, 0.05) is 24.3 Å². The van der Waals surface area contributed by atoms with Crippen LogP contribution in [0.1, 0.15) is 30.0 Å².